The summed E-state index contributed by atoms with van der Waals surface area (Å²) in [5.41, 5.74) is 0.772. The molecule has 0 aliphatic rings. The lowest BCUT2D eigenvalue weighted by molar-refractivity contribution is -0.141. The van der Waals surface area contributed by atoms with Gasteiger partial charge in [0.15, 0.2) is 0 Å². The van der Waals surface area contributed by atoms with Gasteiger partial charge in [0.25, 0.3) is 0 Å². The molecule has 0 saturated carbocycles. The maximum absolute atomic E-state index is 13.2. The number of ether oxygens (including phenoxy) is 1. The lowest BCUT2D eigenvalue weighted by Gasteiger charge is -2.29. The molecular weight excluding hydrogens is 383 g/mol. The quantitative estimate of drug-likeness (QED) is 0.557. The zero-order valence-electron chi connectivity index (χ0n) is 17.9. The van der Waals surface area contributed by atoms with Crippen molar-refractivity contribution in [1.29, 1.82) is 0 Å². The third kappa shape index (κ3) is 7.50. The number of hydrogen-bond acceptors (Lipinski definition) is 3. The average Bonchev–Trinajstić information content (AvgIpc) is 2.76. The van der Waals surface area contributed by atoms with E-state index in [4.69, 9.17) is 4.74 Å². The number of halogens is 1. The Hall–Kier alpha value is -2.89. The van der Waals surface area contributed by atoms with E-state index in [0.717, 1.165) is 17.7 Å². The van der Waals surface area contributed by atoms with Gasteiger partial charge in [0.2, 0.25) is 11.8 Å². The highest BCUT2D eigenvalue weighted by atomic mass is 19.1. The van der Waals surface area contributed by atoms with Crippen LogP contribution in [-0.2, 0) is 16.1 Å². The van der Waals surface area contributed by atoms with Crippen molar-refractivity contribution in [2.75, 3.05) is 6.61 Å². The zero-order chi connectivity index (χ0) is 21.9. The number of hydrogen-bond donors (Lipinski definition) is 1. The maximum atomic E-state index is 13.2. The van der Waals surface area contributed by atoms with Gasteiger partial charge in [0.05, 0.1) is 6.61 Å². The van der Waals surface area contributed by atoms with Gasteiger partial charge in [-0.2, -0.15) is 0 Å². The fourth-order valence-corrected chi connectivity index (χ4v) is 2.91. The molecule has 2 aromatic rings. The minimum absolute atomic E-state index is 0.0296. The molecule has 0 fully saturated rings. The topological polar surface area (TPSA) is 58.6 Å². The van der Waals surface area contributed by atoms with E-state index >= 15 is 0 Å². The Kier molecular flexibility index (Phi) is 9.32. The Balaban J connectivity index is 2.00. The Labute approximate surface area is 178 Å². The van der Waals surface area contributed by atoms with Gasteiger partial charge in [-0.25, -0.2) is 4.39 Å². The summed E-state index contributed by atoms with van der Waals surface area (Å²) in [4.78, 5) is 27.1. The SMILES string of the molecule is CC[C@@H](C)NC(=O)[C@@H](C)N(Cc1ccc(F)cc1)C(=O)CCCOc1ccccc1. The van der Waals surface area contributed by atoms with Crippen molar-refractivity contribution >= 4 is 11.8 Å². The molecule has 2 aromatic carbocycles. The first kappa shape index (κ1) is 23.4. The molecular formula is C24H31FN2O3. The van der Waals surface area contributed by atoms with Gasteiger partial charge < -0.3 is 15.0 Å². The van der Waals surface area contributed by atoms with Crippen molar-refractivity contribution in [3.63, 3.8) is 0 Å². The molecule has 0 spiro atoms. The van der Waals surface area contributed by atoms with E-state index in [2.05, 4.69) is 5.32 Å². The second-order valence-electron chi connectivity index (χ2n) is 7.41. The first-order valence-electron chi connectivity index (χ1n) is 10.4. The number of amides is 2. The summed E-state index contributed by atoms with van der Waals surface area (Å²) < 4.78 is 18.9. The lowest BCUT2D eigenvalue weighted by Crippen LogP contribution is -2.49. The molecule has 6 heteroatoms. The van der Waals surface area contributed by atoms with Crippen LogP contribution >= 0.6 is 0 Å². The molecule has 0 aromatic heterocycles. The highest BCUT2D eigenvalue weighted by molar-refractivity contribution is 5.87. The summed E-state index contributed by atoms with van der Waals surface area (Å²) in [7, 11) is 0. The van der Waals surface area contributed by atoms with Gasteiger partial charge in [0.1, 0.15) is 17.6 Å². The minimum Gasteiger partial charge on any atom is -0.494 e. The molecule has 2 amide bonds. The maximum Gasteiger partial charge on any atom is 0.242 e. The summed E-state index contributed by atoms with van der Waals surface area (Å²) in [5.74, 6) is 0.0924. The van der Waals surface area contributed by atoms with Crippen LogP contribution in [-0.4, -0.2) is 35.4 Å². The van der Waals surface area contributed by atoms with E-state index < -0.39 is 6.04 Å². The fourth-order valence-electron chi connectivity index (χ4n) is 2.91. The van der Waals surface area contributed by atoms with Crippen LogP contribution in [0.3, 0.4) is 0 Å². The van der Waals surface area contributed by atoms with E-state index in [9.17, 15) is 14.0 Å². The molecule has 0 bridgehead atoms. The molecule has 162 valence electrons. The summed E-state index contributed by atoms with van der Waals surface area (Å²) in [6, 6.07) is 14.8. The number of rotatable bonds is 11. The Bertz CT molecular complexity index is 796. The van der Waals surface area contributed by atoms with E-state index in [1.165, 1.54) is 12.1 Å². The predicted molar refractivity (Wildman–Crippen MR) is 115 cm³/mol. The third-order valence-electron chi connectivity index (χ3n) is 4.98. The first-order chi connectivity index (χ1) is 14.4. The van der Waals surface area contributed by atoms with Gasteiger partial charge >= 0.3 is 0 Å². The van der Waals surface area contributed by atoms with E-state index in [1.807, 2.05) is 44.2 Å². The highest BCUT2D eigenvalue weighted by Crippen LogP contribution is 2.14. The van der Waals surface area contributed by atoms with Crippen LogP contribution in [0.2, 0.25) is 0 Å². The van der Waals surface area contributed by atoms with Gasteiger partial charge in [-0.3, -0.25) is 9.59 Å². The van der Waals surface area contributed by atoms with Crippen molar-refractivity contribution in [1.82, 2.24) is 10.2 Å². The van der Waals surface area contributed by atoms with Crippen LogP contribution in [0.5, 0.6) is 5.75 Å². The minimum atomic E-state index is -0.633. The first-order valence-corrected chi connectivity index (χ1v) is 10.4. The van der Waals surface area contributed by atoms with Crippen LogP contribution in [0.25, 0.3) is 0 Å². The molecule has 0 unspecified atom stereocenters. The van der Waals surface area contributed by atoms with Gasteiger partial charge in [0, 0.05) is 19.0 Å². The van der Waals surface area contributed by atoms with Gasteiger partial charge in [-0.05, 0) is 56.5 Å². The normalized spacial score (nSPS) is 12.7. The molecule has 2 rings (SSSR count). The Morgan fingerprint density at radius 1 is 1.07 bits per heavy atom. The monoisotopic (exact) mass is 414 g/mol. The van der Waals surface area contributed by atoms with Crippen LogP contribution < -0.4 is 10.1 Å². The van der Waals surface area contributed by atoms with Crippen molar-refractivity contribution in [2.24, 2.45) is 0 Å². The molecule has 5 nitrogen and oxygen atoms in total. The highest BCUT2D eigenvalue weighted by Gasteiger charge is 2.26. The fraction of sp³-hybridized carbons (Fsp3) is 0.417. The number of nitrogens with zero attached hydrogens (tertiary/aromatic N) is 1. The number of carbonyl (C=O) groups is 2. The molecule has 30 heavy (non-hydrogen) atoms. The Morgan fingerprint density at radius 2 is 1.73 bits per heavy atom. The number of carbonyl (C=O) groups excluding carboxylic acids is 2. The van der Waals surface area contributed by atoms with Crippen molar-refractivity contribution < 1.29 is 18.7 Å². The largest absolute Gasteiger partial charge is 0.494 e. The zero-order valence-corrected chi connectivity index (χ0v) is 17.9. The van der Waals surface area contributed by atoms with Gasteiger partial charge in [-0.15, -0.1) is 0 Å². The summed E-state index contributed by atoms with van der Waals surface area (Å²) in [5, 5.41) is 2.93. The second-order valence-corrected chi connectivity index (χ2v) is 7.41. The summed E-state index contributed by atoms with van der Waals surface area (Å²) in [6.45, 7) is 6.29. The molecule has 0 heterocycles. The second kappa shape index (κ2) is 12.0. The molecule has 1 N–H and O–H groups in total. The van der Waals surface area contributed by atoms with E-state index in [0.29, 0.717) is 13.0 Å². The molecule has 0 radical (unpaired) electrons. The smallest absolute Gasteiger partial charge is 0.242 e. The van der Waals surface area contributed by atoms with Gasteiger partial charge in [-0.1, -0.05) is 37.3 Å². The third-order valence-corrected chi connectivity index (χ3v) is 4.98. The van der Waals surface area contributed by atoms with E-state index in [-0.39, 0.29) is 36.6 Å². The van der Waals surface area contributed by atoms with Crippen molar-refractivity contribution in [2.45, 2.75) is 58.7 Å². The van der Waals surface area contributed by atoms with Crippen LogP contribution in [0.15, 0.2) is 54.6 Å². The molecule has 0 saturated heterocycles. The molecule has 2 atom stereocenters. The predicted octanol–water partition coefficient (Wildman–Crippen LogP) is 4.32. The number of nitrogens with one attached hydrogen (secondary N) is 1. The van der Waals surface area contributed by atoms with Crippen LogP contribution in [0.4, 0.5) is 4.39 Å². The van der Waals surface area contributed by atoms with E-state index in [1.54, 1.807) is 24.0 Å². The number of benzene rings is 2. The summed E-state index contributed by atoms with van der Waals surface area (Å²) >= 11 is 0. The standard InChI is InChI=1S/C24H31FN2O3/c1-4-18(2)26-24(29)19(3)27(17-20-12-14-21(25)15-13-20)23(28)11-8-16-30-22-9-6-5-7-10-22/h5-7,9-10,12-15,18-19H,4,8,11,16-17H2,1-3H3,(H,26,29)/t18-,19-/m1/s1. The van der Waals surface area contributed by atoms with Crippen molar-refractivity contribution in [3.8, 4) is 5.75 Å². The van der Waals surface area contributed by atoms with Crippen molar-refractivity contribution in [3.05, 3.63) is 66.0 Å². The number of para-hydroxylation sites is 1. The molecule has 0 aliphatic carbocycles. The van der Waals surface area contributed by atoms with Crippen LogP contribution in [0, 0.1) is 5.82 Å². The Morgan fingerprint density at radius 3 is 2.37 bits per heavy atom. The summed E-state index contributed by atoms with van der Waals surface area (Å²) in [6.07, 6.45) is 1.60. The lowest BCUT2D eigenvalue weighted by atomic mass is 10.1. The average molecular weight is 415 g/mol. The van der Waals surface area contributed by atoms with Crippen LogP contribution in [0.1, 0.15) is 45.6 Å². The molecule has 0 aliphatic heterocycles.